The first-order valence-corrected chi connectivity index (χ1v) is 6.83. The van der Waals surface area contributed by atoms with E-state index in [1.54, 1.807) is 12.1 Å². The molecular formula is C10H12ClNO3S. The Balaban J connectivity index is 2.84. The van der Waals surface area contributed by atoms with Crippen LogP contribution in [0.15, 0.2) is 29.4 Å². The molecular weight excluding hydrogens is 250 g/mol. The first-order valence-electron chi connectivity index (χ1n) is 4.64. The van der Waals surface area contributed by atoms with Crippen molar-refractivity contribution in [1.29, 1.82) is 0 Å². The highest BCUT2D eigenvalue weighted by Gasteiger charge is 2.04. The molecule has 1 rings (SSSR count). The van der Waals surface area contributed by atoms with Gasteiger partial charge in [-0.05, 0) is 12.0 Å². The normalized spacial score (nSPS) is 12.6. The molecule has 4 nitrogen and oxygen atoms in total. The van der Waals surface area contributed by atoms with E-state index in [-0.39, 0.29) is 5.17 Å². The molecule has 0 saturated heterocycles. The standard InChI is InChI=1S/C10H12ClNO3S/c1-3-8-4-6-9(7-5-8)10(11)12-15-16(2,13)14/h4-7H,3H2,1-2H3/b12-10-. The van der Waals surface area contributed by atoms with Crippen LogP contribution in [0.3, 0.4) is 0 Å². The summed E-state index contributed by atoms with van der Waals surface area (Å²) in [6.07, 6.45) is 1.83. The molecule has 0 saturated carbocycles. The van der Waals surface area contributed by atoms with Crippen LogP contribution in [0, 0.1) is 0 Å². The predicted octanol–water partition coefficient (Wildman–Crippen LogP) is 2.13. The summed E-state index contributed by atoms with van der Waals surface area (Å²) in [5, 5.41) is 3.32. The van der Waals surface area contributed by atoms with Crippen LogP contribution >= 0.6 is 11.6 Å². The zero-order valence-electron chi connectivity index (χ0n) is 8.97. The highest BCUT2D eigenvalue weighted by molar-refractivity contribution is 7.85. The molecule has 0 heterocycles. The number of benzene rings is 1. The minimum absolute atomic E-state index is 0.00748. The summed E-state index contributed by atoms with van der Waals surface area (Å²) in [7, 11) is -3.61. The molecule has 6 heteroatoms. The van der Waals surface area contributed by atoms with Crippen LogP contribution in [0.5, 0.6) is 0 Å². The average molecular weight is 262 g/mol. The van der Waals surface area contributed by atoms with Crippen molar-refractivity contribution in [2.24, 2.45) is 5.16 Å². The van der Waals surface area contributed by atoms with Gasteiger partial charge < -0.3 is 0 Å². The Morgan fingerprint density at radius 1 is 1.38 bits per heavy atom. The quantitative estimate of drug-likeness (QED) is 0.616. The minimum Gasteiger partial charge on any atom is -0.267 e. The molecule has 0 radical (unpaired) electrons. The molecule has 0 atom stereocenters. The highest BCUT2D eigenvalue weighted by atomic mass is 35.5. The Morgan fingerprint density at radius 2 is 1.94 bits per heavy atom. The molecule has 0 bridgehead atoms. The van der Waals surface area contributed by atoms with Gasteiger partial charge in [0.25, 0.3) is 0 Å². The van der Waals surface area contributed by atoms with Crippen molar-refractivity contribution < 1.29 is 12.7 Å². The topological polar surface area (TPSA) is 55.7 Å². The minimum atomic E-state index is -3.61. The second kappa shape index (κ2) is 5.32. The van der Waals surface area contributed by atoms with E-state index in [1.807, 2.05) is 19.1 Å². The van der Waals surface area contributed by atoms with Crippen molar-refractivity contribution in [3.05, 3.63) is 35.4 Å². The second-order valence-electron chi connectivity index (χ2n) is 3.21. The molecule has 16 heavy (non-hydrogen) atoms. The fourth-order valence-corrected chi connectivity index (χ4v) is 1.44. The van der Waals surface area contributed by atoms with Gasteiger partial charge in [-0.2, -0.15) is 8.42 Å². The van der Waals surface area contributed by atoms with Gasteiger partial charge in [-0.1, -0.05) is 47.9 Å². The maximum absolute atomic E-state index is 10.7. The van der Waals surface area contributed by atoms with E-state index in [4.69, 9.17) is 11.6 Å². The summed E-state index contributed by atoms with van der Waals surface area (Å²) in [5.74, 6) is 0. The summed E-state index contributed by atoms with van der Waals surface area (Å²) < 4.78 is 25.6. The van der Waals surface area contributed by atoms with Crippen molar-refractivity contribution in [2.45, 2.75) is 13.3 Å². The van der Waals surface area contributed by atoms with Crippen LogP contribution in [0.25, 0.3) is 0 Å². The monoisotopic (exact) mass is 261 g/mol. The molecule has 1 aromatic rings. The van der Waals surface area contributed by atoms with Gasteiger partial charge >= 0.3 is 10.1 Å². The van der Waals surface area contributed by atoms with Gasteiger partial charge in [0.15, 0.2) is 5.17 Å². The lowest BCUT2D eigenvalue weighted by Gasteiger charge is -2.00. The van der Waals surface area contributed by atoms with E-state index in [2.05, 4.69) is 9.44 Å². The molecule has 0 spiro atoms. The summed E-state index contributed by atoms with van der Waals surface area (Å²) in [5.41, 5.74) is 1.78. The molecule has 0 aliphatic carbocycles. The third-order valence-corrected chi connectivity index (χ3v) is 2.49. The molecule has 0 amide bonds. The summed E-state index contributed by atoms with van der Waals surface area (Å²) in [6, 6.07) is 7.31. The van der Waals surface area contributed by atoms with Crippen molar-refractivity contribution in [3.63, 3.8) is 0 Å². The lowest BCUT2D eigenvalue weighted by molar-refractivity contribution is 0.344. The van der Waals surface area contributed by atoms with Gasteiger partial charge in [0.1, 0.15) is 0 Å². The Hall–Kier alpha value is -1.07. The van der Waals surface area contributed by atoms with Gasteiger partial charge in [0.2, 0.25) is 0 Å². The Morgan fingerprint density at radius 3 is 2.38 bits per heavy atom. The molecule has 0 unspecified atom stereocenters. The van der Waals surface area contributed by atoms with Crippen molar-refractivity contribution in [2.75, 3.05) is 6.26 Å². The van der Waals surface area contributed by atoms with Crippen LogP contribution < -0.4 is 0 Å². The van der Waals surface area contributed by atoms with E-state index in [0.717, 1.165) is 18.2 Å². The maximum atomic E-state index is 10.7. The predicted molar refractivity (Wildman–Crippen MR) is 64.1 cm³/mol. The third-order valence-electron chi connectivity index (χ3n) is 1.85. The number of hydrogen-bond donors (Lipinski definition) is 0. The SMILES string of the molecule is CCc1ccc(/C(Cl)=N/OS(C)(=O)=O)cc1. The fourth-order valence-electron chi connectivity index (χ4n) is 1.03. The number of hydrogen-bond acceptors (Lipinski definition) is 4. The largest absolute Gasteiger partial charge is 0.325 e. The van der Waals surface area contributed by atoms with E-state index < -0.39 is 10.1 Å². The molecule has 0 N–H and O–H groups in total. The number of aryl methyl sites for hydroxylation is 1. The summed E-state index contributed by atoms with van der Waals surface area (Å²) in [6.45, 7) is 2.04. The zero-order chi connectivity index (χ0) is 12.2. The number of halogens is 1. The number of nitrogens with zero attached hydrogens (tertiary/aromatic N) is 1. The Labute approximate surface area is 100.0 Å². The van der Waals surface area contributed by atoms with Gasteiger partial charge in [-0.3, -0.25) is 4.28 Å². The first-order chi connectivity index (χ1) is 7.42. The van der Waals surface area contributed by atoms with Gasteiger partial charge in [-0.25, -0.2) is 0 Å². The van der Waals surface area contributed by atoms with Crippen LogP contribution in [0.2, 0.25) is 0 Å². The molecule has 0 fully saturated rings. The molecule has 88 valence electrons. The van der Waals surface area contributed by atoms with E-state index in [0.29, 0.717) is 5.56 Å². The molecule has 0 aliphatic rings. The van der Waals surface area contributed by atoms with Crippen molar-refractivity contribution in [3.8, 4) is 0 Å². The third kappa shape index (κ3) is 4.20. The molecule has 0 aromatic heterocycles. The fraction of sp³-hybridized carbons (Fsp3) is 0.300. The first kappa shape index (κ1) is 13.0. The van der Waals surface area contributed by atoms with Crippen LogP contribution in [0.1, 0.15) is 18.1 Å². The second-order valence-corrected chi connectivity index (χ2v) is 5.13. The van der Waals surface area contributed by atoms with Crippen LogP contribution in [-0.4, -0.2) is 19.8 Å². The van der Waals surface area contributed by atoms with E-state index in [1.165, 1.54) is 0 Å². The van der Waals surface area contributed by atoms with Crippen LogP contribution in [-0.2, 0) is 20.8 Å². The number of oxime groups is 1. The maximum Gasteiger partial charge on any atom is 0.325 e. The lowest BCUT2D eigenvalue weighted by atomic mass is 10.1. The van der Waals surface area contributed by atoms with Crippen molar-refractivity contribution in [1.82, 2.24) is 0 Å². The average Bonchev–Trinajstić information content (AvgIpc) is 2.25. The summed E-state index contributed by atoms with van der Waals surface area (Å²) in [4.78, 5) is 0. The Kier molecular flexibility index (Phi) is 4.32. The van der Waals surface area contributed by atoms with Crippen molar-refractivity contribution >= 4 is 26.9 Å². The van der Waals surface area contributed by atoms with Gasteiger partial charge in [0, 0.05) is 5.56 Å². The highest BCUT2D eigenvalue weighted by Crippen LogP contribution is 2.09. The van der Waals surface area contributed by atoms with E-state index in [9.17, 15) is 8.42 Å². The number of rotatable bonds is 4. The lowest BCUT2D eigenvalue weighted by Crippen LogP contribution is -2.00. The van der Waals surface area contributed by atoms with Gasteiger partial charge in [0.05, 0.1) is 6.26 Å². The smallest absolute Gasteiger partial charge is 0.267 e. The Bertz CT molecular complexity index is 479. The summed E-state index contributed by atoms with van der Waals surface area (Å²) >= 11 is 5.77. The molecule has 1 aromatic carbocycles. The van der Waals surface area contributed by atoms with Gasteiger partial charge in [-0.15, -0.1) is 0 Å². The molecule has 0 aliphatic heterocycles. The van der Waals surface area contributed by atoms with E-state index >= 15 is 0 Å². The zero-order valence-corrected chi connectivity index (χ0v) is 10.5. The van der Waals surface area contributed by atoms with Crippen LogP contribution in [0.4, 0.5) is 0 Å².